The Balaban J connectivity index is 2.58. The van der Waals surface area contributed by atoms with Gasteiger partial charge in [0.25, 0.3) is 0 Å². The van der Waals surface area contributed by atoms with Gasteiger partial charge in [-0.25, -0.2) is 0 Å². The van der Waals surface area contributed by atoms with Gasteiger partial charge in [0.15, 0.2) is 0 Å². The number of rotatable bonds is 4. The number of hydrogen-bond acceptors (Lipinski definition) is 1. The van der Waals surface area contributed by atoms with Crippen LogP contribution in [0.5, 0.6) is 0 Å². The predicted molar refractivity (Wildman–Crippen MR) is 103 cm³/mol. The summed E-state index contributed by atoms with van der Waals surface area (Å²) in [6.07, 6.45) is 0. The van der Waals surface area contributed by atoms with Gasteiger partial charge in [0.1, 0.15) is 0 Å². The molecule has 4 heteroatoms. The van der Waals surface area contributed by atoms with Crippen LogP contribution in [0.15, 0.2) is 34.8 Å². The second-order valence-corrected chi connectivity index (χ2v) is 7.62. The summed E-state index contributed by atoms with van der Waals surface area (Å²) >= 11 is 12.5. The summed E-state index contributed by atoms with van der Waals surface area (Å²) in [6.45, 7) is 7.21. The van der Waals surface area contributed by atoms with E-state index < -0.39 is 0 Å². The van der Waals surface area contributed by atoms with Crippen molar-refractivity contribution < 1.29 is 0 Å². The van der Waals surface area contributed by atoms with Gasteiger partial charge in [-0.05, 0) is 89.5 Å². The average molecular weight is 479 g/mol. The Morgan fingerprint density at radius 2 is 1.81 bits per heavy atom. The fraction of sp³-hybridized carbons (Fsp3) is 0.294. The monoisotopic (exact) mass is 477 g/mol. The molecule has 0 aromatic heterocycles. The van der Waals surface area contributed by atoms with E-state index in [1.54, 1.807) is 0 Å². The van der Waals surface area contributed by atoms with Crippen molar-refractivity contribution >= 4 is 50.1 Å². The lowest BCUT2D eigenvalue weighted by Crippen LogP contribution is -2.23. The van der Waals surface area contributed by atoms with E-state index in [1.165, 1.54) is 20.3 Å². The maximum Gasteiger partial charge on any atom is 0.0603 e. The molecule has 1 atom stereocenters. The van der Waals surface area contributed by atoms with Crippen LogP contribution in [0.4, 0.5) is 0 Å². The van der Waals surface area contributed by atoms with Gasteiger partial charge in [0, 0.05) is 13.1 Å². The second-order valence-electron chi connectivity index (χ2n) is 5.11. The number of aryl methyl sites for hydroxylation is 2. The zero-order valence-electron chi connectivity index (χ0n) is 12.3. The molecule has 112 valence electrons. The third-order valence-electron chi connectivity index (χ3n) is 3.60. The minimum Gasteiger partial charge on any atom is -0.306 e. The molecule has 0 fully saturated rings. The molecule has 1 nitrogen and oxygen atoms in total. The van der Waals surface area contributed by atoms with E-state index in [-0.39, 0.29) is 6.04 Å². The molecule has 0 saturated heterocycles. The molecule has 2 aromatic carbocycles. The van der Waals surface area contributed by atoms with Crippen molar-refractivity contribution in [3.63, 3.8) is 0 Å². The summed E-state index contributed by atoms with van der Waals surface area (Å²) in [5, 5.41) is 4.37. The molecule has 0 bridgehead atoms. The zero-order chi connectivity index (χ0) is 15.6. The maximum absolute atomic E-state index is 6.52. The van der Waals surface area contributed by atoms with E-state index in [4.69, 9.17) is 11.6 Å². The first kappa shape index (κ1) is 17.3. The Morgan fingerprint density at radius 3 is 2.48 bits per heavy atom. The van der Waals surface area contributed by atoms with Crippen molar-refractivity contribution in [2.24, 2.45) is 0 Å². The third-order valence-corrected chi connectivity index (χ3v) is 5.32. The first-order chi connectivity index (χ1) is 9.93. The molecule has 1 N–H and O–H groups in total. The van der Waals surface area contributed by atoms with E-state index in [2.05, 4.69) is 94.9 Å². The minimum atomic E-state index is 0.0888. The first-order valence-electron chi connectivity index (χ1n) is 6.89. The van der Waals surface area contributed by atoms with Crippen LogP contribution in [-0.4, -0.2) is 6.54 Å². The van der Waals surface area contributed by atoms with Gasteiger partial charge < -0.3 is 5.32 Å². The first-order valence-corrected chi connectivity index (χ1v) is 9.14. The number of halogens is 3. The Morgan fingerprint density at radius 1 is 1.14 bits per heavy atom. The van der Waals surface area contributed by atoms with Gasteiger partial charge in [-0.2, -0.15) is 0 Å². The van der Waals surface area contributed by atoms with Crippen molar-refractivity contribution in [1.29, 1.82) is 0 Å². The predicted octanol–water partition coefficient (Wildman–Crippen LogP) is 6.02. The molecule has 1 unspecified atom stereocenters. The second kappa shape index (κ2) is 7.44. The molecule has 0 heterocycles. The summed E-state index contributed by atoms with van der Waals surface area (Å²) in [6, 6.07) is 10.7. The van der Waals surface area contributed by atoms with Crippen LogP contribution in [0.3, 0.4) is 0 Å². The van der Waals surface area contributed by atoms with Gasteiger partial charge in [0.2, 0.25) is 0 Å². The fourth-order valence-electron chi connectivity index (χ4n) is 2.35. The number of benzene rings is 2. The molecule has 2 rings (SSSR count). The Labute approximate surface area is 153 Å². The van der Waals surface area contributed by atoms with Crippen molar-refractivity contribution in [2.45, 2.75) is 26.8 Å². The van der Waals surface area contributed by atoms with Crippen molar-refractivity contribution in [2.75, 3.05) is 6.54 Å². The van der Waals surface area contributed by atoms with E-state index >= 15 is 0 Å². The lowest BCUT2D eigenvalue weighted by atomic mass is 9.95. The van der Waals surface area contributed by atoms with Crippen LogP contribution < -0.4 is 5.32 Å². The van der Waals surface area contributed by atoms with Crippen molar-refractivity contribution in [3.05, 3.63) is 65.7 Å². The Kier molecular flexibility index (Phi) is 6.12. The highest BCUT2D eigenvalue weighted by Crippen LogP contribution is 2.34. The van der Waals surface area contributed by atoms with E-state index in [9.17, 15) is 0 Å². The van der Waals surface area contributed by atoms with E-state index in [0.717, 1.165) is 21.6 Å². The molecule has 0 aliphatic carbocycles. The molecule has 2 aromatic rings. The topological polar surface area (TPSA) is 12.0 Å². The van der Waals surface area contributed by atoms with Crippen LogP contribution in [0.25, 0.3) is 0 Å². The zero-order valence-corrected chi connectivity index (χ0v) is 16.8. The summed E-state index contributed by atoms with van der Waals surface area (Å²) in [7, 11) is 0. The number of hydrogen-bond donors (Lipinski definition) is 1. The average Bonchev–Trinajstić information content (AvgIpc) is 2.43. The third kappa shape index (κ3) is 4.01. The maximum atomic E-state index is 6.52. The SMILES string of the molecule is CCNC(c1cc(C)c(C)cc1Cl)c1cc(I)ccc1Br. The van der Waals surface area contributed by atoms with Crippen molar-refractivity contribution in [3.8, 4) is 0 Å². The minimum absolute atomic E-state index is 0.0888. The quantitative estimate of drug-likeness (QED) is 0.530. The van der Waals surface area contributed by atoms with Crippen LogP contribution in [0.1, 0.15) is 35.2 Å². The highest BCUT2D eigenvalue weighted by Gasteiger charge is 2.19. The summed E-state index contributed by atoms with van der Waals surface area (Å²) < 4.78 is 2.32. The molecule has 21 heavy (non-hydrogen) atoms. The molecule has 0 aliphatic rings. The van der Waals surface area contributed by atoms with Gasteiger partial charge in [-0.15, -0.1) is 0 Å². The fourth-order valence-corrected chi connectivity index (χ4v) is 3.67. The molecule has 0 aliphatic heterocycles. The largest absolute Gasteiger partial charge is 0.306 e. The van der Waals surface area contributed by atoms with E-state index in [1.807, 2.05) is 0 Å². The lowest BCUT2D eigenvalue weighted by Gasteiger charge is -2.23. The molecular formula is C17H18BrClIN. The molecule has 0 amide bonds. The molecule has 0 radical (unpaired) electrons. The molecule has 0 saturated carbocycles. The Hall–Kier alpha value is -0.100. The smallest absolute Gasteiger partial charge is 0.0603 e. The lowest BCUT2D eigenvalue weighted by molar-refractivity contribution is 0.628. The summed E-state index contributed by atoms with van der Waals surface area (Å²) in [4.78, 5) is 0. The van der Waals surface area contributed by atoms with E-state index in [0.29, 0.717) is 0 Å². The number of nitrogens with one attached hydrogen (secondary N) is 1. The standard InChI is InChI=1S/C17H18BrClIN/c1-4-21-17(13-9-12(20)5-6-15(13)18)14-7-10(2)11(3)8-16(14)19/h5-9,17,21H,4H2,1-3H3. The molecular weight excluding hydrogens is 460 g/mol. The summed E-state index contributed by atoms with van der Waals surface area (Å²) in [5.41, 5.74) is 4.83. The highest BCUT2D eigenvalue weighted by molar-refractivity contribution is 14.1. The van der Waals surface area contributed by atoms with Crippen LogP contribution >= 0.6 is 50.1 Å². The van der Waals surface area contributed by atoms with Gasteiger partial charge >= 0.3 is 0 Å². The Bertz CT molecular complexity index is 657. The van der Waals surface area contributed by atoms with Crippen LogP contribution in [0.2, 0.25) is 5.02 Å². The van der Waals surface area contributed by atoms with Crippen LogP contribution in [-0.2, 0) is 0 Å². The highest BCUT2D eigenvalue weighted by atomic mass is 127. The summed E-state index contributed by atoms with van der Waals surface area (Å²) in [5.74, 6) is 0. The normalized spacial score (nSPS) is 12.5. The van der Waals surface area contributed by atoms with Crippen molar-refractivity contribution in [1.82, 2.24) is 5.32 Å². The van der Waals surface area contributed by atoms with Gasteiger partial charge in [-0.1, -0.05) is 40.5 Å². The van der Waals surface area contributed by atoms with Crippen LogP contribution in [0, 0.1) is 17.4 Å². The van der Waals surface area contributed by atoms with Gasteiger partial charge in [0.05, 0.1) is 6.04 Å². The van der Waals surface area contributed by atoms with Gasteiger partial charge in [-0.3, -0.25) is 0 Å². The molecule has 0 spiro atoms.